The molecule has 23 heavy (non-hydrogen) atoms. The SMILES string of the molecule is C=C/C=C(C=C)/C=C/C=C/c1ccc(OC)cc1OC.C=CC. The fraction of sp³-hybridized carbons (Fsp3) is 0.143. The molecular weight excluding hydrogens is 284 g/mol. The lowest BCUT2D eigenvalue weighted by Crippen LogP contribution is -1.89. The molecule has 0 radical (unpaired) electrons. The molecule has 122 valence electrons. The van der Waals surface area contributed by atoms with Crippen molar-refractivity contribution in [2.75, 3.05) is 14.2 Å². The van der Waals surface area contributed by atoms with Gasteiger partial charge in [-0.2, -0.15) is 0 Å². The van der Waals surface area contributed by atoms with Gasteiger partial charge in [-0.05, 0) is 24.6 Å². The smallest absolute Gasteiger partial charge is 0.129 e. The summed E-state index contributed by atoms with van der Waals surface area (Å²) in [7, 11) is 3.28. The molecule has 0 aliphatic carbocycles. The molecule has 1 aromatic carbocycles. The van der Waals surface area contributed by atoms with Crippen molar-refractivity contribution in [3.63, 3.8) is 0 Å². The lowest BCUT2D eigenvalue weighted by Gasteiger charge is -2.06. The average molecular weight is 310 g/mol. The largest absolute Gasteiger partial charge is 0.497 e. The highest BCUT2D eigenvalue weighted by molar-refractivity contribution is 5.60. The van der Waals surface area contributed by atoms with E-state index in [1.165, 1.54) is 0 Å². The summed E-state index contributed by atoms with van der Waals surface area (Å²) in [5, 5.41) is 0. The number of hydrogen-bond donors (Lipinski definition) is 0. The van der Waals surface area contributed by atoms with E-state index in [0.717, 1.165) is 22.6 Å². The van der Waals surface area contributed by atoms with E-state index in [0.29, 0.717) is 0 Å². The van der Waals surface area contributed by atoms with Gasteiger partial charge in [0.05, 0.1) is 14.2 Å². The first-order valence-electron chi connectivity index (χ1n) is 7.25. The van der Waals surface area contributed by atoms with Crippen LogP contribution in [0.3, 0.4) is 0 Å². The molecule has 0 spiro atoms. The van der Waals surface area contributed by atoms with Crippen LogP contribution in [0.25, 0.3) is 6.08 Å². The summed E-state index contributed by atoms with van der Waals surface area (Å²) < 4.78 is 10.5. The topological polar surface area (TPSA) is 18.5 Å². The molecule has 0 fully saturated rings. The standard InChI is InChI=1S/C18H20O2.C3H6/c1-5-9-15(6-2)10-7-8-11-16-12-13-17(19-3)14-18(16)20-4;1-3-2/h5-14H,1-2H2,3-4H3;3H,1H2,2H3/b10-7+,11-8+,15-9+;. The van der Waals surface area contributed by atoms with E-state index in [2.05, 4.69) is 19.7 Å². The third-order valence-electron chi connectivity index (χ3n) is 2.66. The first-order chi connectivity index (χ1) is 11.2. The number of allylic oxidation sites excluding steroid dienone is 8. The Balaban J connectivity index is 0.00000149. The number of rotatable bonds is 7. The highest BCUT2D eigenvalue weighted by Crippen LogP contribution is 2.25. The second kappa shape index (κ2) is 13.0. The average Bonchev–Trinajstić information content (AvgIpc) is 2.58. The van der Waals surface area contributed by atoms with E-state index in [4.69, 9.17) is 9.47 Å². The van der Waals surface area contributed by atoms with Crippen LogP contribution in [0.1, 0.15) is 12.5 Å². The molecule has 2 heteroatoms. The first-order valence-corrected chi connectivity index (χ1v) is 7.25. The summed E-state index contributed by atoms with van der Waals surface area (Å²) in [5.41, 5.74) is 2.00. The fourth-order valence-electron chi connectivity index (χ4n) is 1.61. The van der Waals surface area contributed by atoms with Crippen LogP contribution in [0.15, 0.2) is 86.0 Å². The van der Waals surface area contributed by atoms with Crippen molar-refractivity contribution in [2.45, 2.75) is 6.92 Å². The predicted octanol–water partition coefficient (Wildman–Crippen LogP) is 5.76. The van der Waals surface area contributed by atoms with Gasteiger partial charge in [0, 0.05) is 11.6 Å². The van der Waals surface area contributed by atoms with Gasteiger partial charge >= 0.3 is 0 Å². The molecule has 0 amide bonds. The summed E-state index contributed by atoms with van der Waals surface area (Å²) in [6, 6.07) is 5.71. The number of benzene rings is 1. The van der Waals surface area contributed by atoms with Gasteiger partial charge in [0.15, 0.2) is 0 Å². The van der Waals surface area contributed by atoms with Gasteiger partial charge in [-0.15, -0.1) is 6.58 Å². The van der Waals surface area contributed by atoms with Gasteiger partial charge in [-0.3, -0.25) is 0 Å². The van der Waals surface area contributed by atoms with Crippen molar-refractivity contribution >= 4 is 6.08 Å². The Hall–Kier alpha value is -2.74. The van der Waals surface area contributed by atoms with Crippen LogP contribution in [0.5, 0.6) is 11.5 Å². The molecule has 0 saturated heterocycles. The highest BCUT2D eigenvalue weighted by Gasteiger charge is 2.00. The molecule has 0 aromatic heterocycles. The summed E-state index contributed by atoms with van der Waals surface area (Å²) in [6.45, 7) is 12.6. The second-order valence-corrected chi connectivity index (χ2v) is 4.34. The van der Waals surface area contributed by atoms with Crippen molar-refractivity contribution in [1.29, 1.82) is 0 Å². The lowest BCUT2D eigenvalue weighted by atomic mass is 10.1. The van der Waals surface area contributed by atoms with Gasteiger partial charge in [-0.1, -0.05) is 61.8 Å². The fourth-order valence-corrected chi connectivity index (χ4v) is 1.61. The highest BCUT2D eigenvalue weighted by atomic mass is 16.5. The van der Waals surface area contributed by atoms with Crippen LogP contribution in [0.4, 0.5) is 0 Å². The molecule has 1 aromatic rings. The Labute approximate surface area is 140 Å². The van der Waals surface area contributed by atoms with Crippen molar-refractivity contribution in [3.05, 3.63) is 91.6 Å². The minimum absolute atomic E-state index is 0.775. The Kier molecular flexibility index (Phi) is 11.4. The molecule has 0 N–H and O–H groups in total. The first kappa shape index (κ1) is 20.3. The lowest BCUT2D eigenvalue weighted by molar-refractivity contribution is 0.394. The summed E-state index contributed by atoms with van der Waals surface area (Å²) in [5.74, 6) is 1.55. The number of ether oxygens (including phenoxy) is 2. The van der Waals surface area contributed by atoms with Crippen molar-refractivity contribution < 1.29 is 9.47 Å². The molecule has 0 saturated carbocycles. The van der Waals surface area contributed by atoms with Crippen LogP contribution < -0.4 is 9.47 Å². The summed E-state index contributed by atoms with van der Waals surface area (Å²) >= 11 is 0. The maximum Gasteiger partial charge on any atom is 0.129 e. The monoisotopic (exact) mass is 310 g/mol. The Morgan fingerprint density at radius 1 is 1.04 bits per heavy atom. The van der Waals surface area contributed by atoms with Crippen LogP contribution in [-0.4, -0.2) is 14.2 Å². The number of methoxy groups -OCH3 is 2. The predicted molar refractivity (Wildman–Crippen MR) is 102 cm³/mol. The maximum atomic E-state index is 5.33. The molecule has 0 heterocycles. The van der Waals surface area contributed by atoms with Gasteiger partial charge < -0.3 is 9.47 Å². The van der Waals surface area contributed by atoms with Crippen molar-refractivity contribution in [2.24, 2.45) is 0 Å². The molecule has 0 aliphatic heterocycles. The van der Waals surface area contributed by atoms with Crippen molar-refractivity contribution in [1.82, 2.24) is 0 Å². The summed E-state index contributed by atoms with van der Waals surface area (Å²) in [4.78, 5) is 0. The zero-order valence-electron chi connectivity index (χ0n) is 14.3. The molecular formula is C21H26O2. The van der Waals surface area contributed by atoms with Gasteiger partial charge in [0.25, 0.3) is 0 Å². The van der Waals surface area contributed by atoms with E-state index in [9.17, 15) is 0 Å². The molecule has 0 atom stereocenters. The molecule has 2 nitrogen and oxygen atoms in total. The molecule has 0 aliphatic rings. The van der Waals surface area contributed by atoms with E-state index in [-0.39, 0.29) is 0 Å². The minimum atomic E-state index is 0.775. The van der Waals surface area contributed by atoms with E-state index >= 15 is 0 Å². The molecule has 1 rings (SSSR count). The van der Waals surface area contributed by atoms with Gasteiger partial charge in [0.2, 0.25) is 0 Å². The van der Waals surface area contributed by atoms with Gasteiger partial charge in [0.1, 0.15) is 11.5 Å². The van der Waals surface area contributed by atoms with Crippen LogP contribution >= 0.6 is 0 Å². The van der Waals surface area contributed by atoms with E-state index in [1.54, 1.807) is 32.4 Å². The van der Waals surface area contributed by atoms with E-state index < -0.39 is 0 Å². The van der Waals surface area contributed by atoms with Crippen LogP contribution in [-0.2, 0) is 0 Å². The van der Waals surface area contributed by atoms with Crippen LogP contribution in [0, 0.1) is 0 Å². The van der Waals surface area contributed by atoms with E-state index in [1.807, 2.05) is 55.5 Å². The zero-order chi connectivity index (χ0) is 17.5. The molecule has 0 unspecified atom stereocenters. The second-order valence-electron chi connectivity index (χ2n) is 4.34. The third-order valence-corrected chi connectivity index (χ3v) is 2.66. The quantitative estimate of drug-likeness (QED) is 0.470. The zero-order valence-corrected chi connectivity index (χ0v) is 14.3. The van der Waals surface area contributed by atoms with Crippen LogP contribution in [0.2, 0.25) is 0 Å². The minimum Gasteiger partial charge on any atom is -0.497 e. The maximum absolute atomic E-state index is 5.33. The Morgan fingerprint density at radius 2 is 1.74 bits per heavy atom. The third kappa shape index (κ3) is 8.32. The molecule has 0 bridgehead atoms. The Morgan fingerprint density at radius 3 is 2.26 bits per heavy atom. The number of hydrogen-bond acceptors (Lipinski definition) is 2. The van der Waals surface area contributed by atoms with Gasteiger partial charge in [-0.25, -0.2) is 0 Å². The normalized spacial score (nSPS) is 10.8. The Bertz CT molecular complexity index is 590. The van der Waals surface area contributed by atoms with Crippen molar-refractivity contribution in [3.8, 4) is 11.5 Å². The summed E-state index contributed by atoms with van der Waals surface area (Å²) in [6.07, 6.45) is 15.0.